The van der Waals surface area contributed by atoms with Crippen LogP contribution in [0.25, 0.3) is 16.9 Å². The van der Waals surface area contributed by atoms with Crippen LogP contribution in [0.5, 0.6) is 0 Å². The quantitative estimate of drug-likeness (QED) is 0.548. The molecule has 152 valence electrons. The normalized spacial score (nSPS) is 11.0. The van der Waals surface area contributed by atoms with Crippen LogP contribution in [0.15, 0.2) is 47.8 Å². The molecule has 0 spiro atoms. The molecule has 1 N–H and O–H groups in total. The lowest BCUT2D eigenvalue weighted by Crippen LogP contribution is -2.23. The van der Waals surface area contributed by atoms with Gasteiger partial charge in [0.25, 0.3) is 11.5 Å². The monoisotopic (exact) mass is 403 g/mol. The van der Waals surface area contributed by atoms with Crippen molar-refractivity contribution < 1.29 is 4.79 Å². The molecule has 0 bridgehead atoms. The van der Waals surface area contributed by atoms with Crippen LogP contribution < -0.4 is 10.9 Å². The van der Waals surface area contributed by atoms with Crippen molar-refractivity contribution in [2.24, 2.45) is 0 Å². The third-order valence-corrected chi connectivity index (χ3v) is 5.08. The minimum absolute atomic E-state index is 0.123. The van der Waals surface area contributed by atoms with E-state index in [1.165, 1.54) is 23.3 Å². The fourth-order valence-corrected chi connectivity index (χ4v) is 3.12. The van der Waals surface area contributed by atoms with E-state index in [0.717, 1.165) is 17.0 Å². The van der Waals surface area contributed by atoms with E-state index in [0.29, 0.717) is 22.5 Å². The van der Waals surface area contributed by atoms with Crippen LogP contribution in [0.1, 0.15) is 23.4 Å². The van der Waals surface area contributed by atoms with E-state index in [1.807, 2.05) is 26.8 Å². The molecule has 0 radical (unpaired) electrons. The maximum Gasteiger partial charge on any atom is 0.261 e. The fraction of sp³-hybridized carbons (Fsp3) is 0.238. The summed E-state index contributed by atoms with van der Waals surface area (Å²) in [6.45, 7) is 6.12. The van der Waals surface area contributed by atoms with Gasteiger partial charge < -0.3 is 5.32 Å². The molecule has 9 nitrogen and oxygen atoms in total. The van der Waals surface area contributed by atoms with Gasteiger partial charge >= 0.3 is 0 Å². The number of amides is 1. The largest absolute Gasteiger partial charge is 0.323 e. The van der Waals surface area contributed by atoms with Gasteiger partial charge in [0.2, 0.25) is 5.91 Å². The van der Waals surface area contributed by atoms with Crippen LogP contribution in [0, 0.1) is 20.8 Å². The second-order valence-electron chi connectivity index (χ2n) is 7.04. The molecule has 0 fully saturated rings. The molecule has 0 aliphatic heterocycles. The molecular weight excluding hydrogens is 382 g/mol. The van der Waals surface area contributed by atoms with Gasteiger partial charge in [-0.3, -0.25) is 14.2 Å². The summed E-state index contributed by atoms with van der Waals surface area (Å²) in [6, 6.07) is 7.13. The van der Waals surface area contributed by atoms with Gasteiger partial charge in [0.15, 0.2) is 0 Å². The zero-order valence-electron chi connectivity index (χ0n) is 17.0. The van der Waals surface area contributed by atoms with Gasteiger partial charge in [-0.15, -0.1) is 0 Å². The van der Waals surface area contributed by atoms with Crippen molar-refractivity contribution in [1.29, 1.82) is 0 Å². The van der Waals surface area contributed by atoms with Gasteiger partial charge in [-0.1, -0.05) is 12.1 Å². The van der Waals surface area contributed by atoms with E-state index < -0.39 is 0 Å². The Morgan fingerprint density at radius 1 is 1.07 bits per heavy atom. The number of nitrogens with one attached hydrogen (secondary N) is 1. The molecule has 0 aliphatic rings. The number of anilines is 1. The number of rotatable bonds is 5. The summed E-state index contributed by atoms with van der Waals surface area (Å²) >= 11 is 0. The number of carbonyl (C=O) groups is 1. The summed E-state index contributed by atoms with van der Waals surface area (Å²) < 4.78 is 3.11. The predicted molar refractivity (Wildman–Crippen MR) is 113 cm³/mol. The Bertz CT molecular complexity index is 1290. The van der Waals surface area contributed by atoms with E-state index in [4.69, 9.17) is 0 Å². The maximum absolute atomic E-state index is 12.5. The fourth-order valence-electron chi connectivity index (χ4n) is 3.12. The summed E-state index contributed by atoms with van der Waals surface area (Å²) in [7, 11) is 0. The van der Waals surface area contributed by atoms with Crippen molar-refractivity contribution in [3.05, 3.63) is 70.3 Å². The molecule has 30 heavy (non-hydrogen) atoms. The first-order valence-corrected chi connectivity index (χ1v) is 9.53. The summed E-state index contributed by atoms with van der Waals surface area (Å²) in [5, 5.41) is 7.71. The number of para-hydroxylation sites is 1. The zero-order chi connectivity index (χ0) is 21.3. The number of hydrogen-bond donors (Lipinski definition) is 1. The third-order valence-electron chi connectivity index (χ3n) is 5.08. The van der Waals surface area contributed by atoms with Gasteiger partial charge in [-0.05, 0) is 38.5 Å². The molecule has 1 aromatic carbocycles. The highest BCUT2D eigenvalue weighted by Gasteiger charge is 2.12. The number of fused-ring (bicyclic) bond motifs is 1. The molecule has 0 unspecified atom stereocenters. The average Bonchev–Trinajstić information content (AvgIpc) is 3.01. The Hall–Kier alpha value is -3.88. The smallest absolute Gasteiger partial charge is 0.261 e. The first-order chi connectivity index (χ1) is 14.4. The van der Waals surface area contributed by atoms with Gasteiger partial charge in [0, 0.05) is 18.7 Å². The van der Waals surface area contributed by atoms with Crippen LogP contribution >= 0.6 is 0 Å². The first-order valence-electron chi connectivity index (χ1n) is 9.53. The highest BCUT2D eigenvalue weighted by atomic mass is 16.2. The number of aromatic nitrogens is 6. The van der Waals surface area contributed by atoms with E-state index in [-0.39, 0.29) is 24.4 Å². The number of aryl methyl sites for hydroxylation is 2. The van der Waals surface area contributed by atoms with Crippen molar-refractivity contribution >= 4 is 22.5 Å². The molecule has 4 rings (SSSR count). The average molecular weight is 403 g/mol. The molecule has 9 heteroatoms. The lowest BCUT2D eigenvalue weighted by molar-refractivity contribution is -0.116. The molecule has 0 saturated carbocycles. The Morgan fingerprint density at radius 2 is 1.80 bits per heavy atom. The predicted octanol–water partition coefficient (Wildman–Crippen LogP) is 2.33. The van der Waals surface area contributed by atoms with Crippen LogP contribution in [0.2, 0.25) is 0 Å². The second kappa shape index (κ2) is 7.86. The third kappa shape index (κ3) is 3.69. The second-order valence-corrected chi connectivity index (χ2v) is 7.04. The first kappa shape index (κ1) is 19.4. The Balaban J connectivity index is 1.41. The van der Waals surface area contributed by atoms with Crippen LogP contribution in [-0.2, 0) is 11.3 Å². The highest BCUT2D eigenvalue weighted by molar-refractivity contribution is 5.90. The topological polar surface area (TPSA) is 108 Å². The van der Waals surface area contributed by atoms with Crippen LogP contribution in [-0.4, -0.2) is 35.2 Å². The molecule has 3 aromatic heterocycles. The minimum atomic E-state index is -0.242. The lowest BCUT2D eigenvalue weighted by atomic mass is 10.2. The van der Waals surface area contributed by atoms with Crippen LogP contribution in [0.3, 0.4) is 0 Å². The van der Waals surface area contributed by atoms with Gasteiger partial charge in [0.1, 0.15) is 0 Å². The summed E-state index contributed by atoms with van der Waals surface area (Å²) in [4.78, 5) is 37.6. The van der Waals surface area contributed by atoms with E-state index in [9.17, 15) is 9.59 Å². The molecule has 0 saturated heterocycles. The summed E-state index contributed by atoms with van der Waals surface area (Å²) in [5.74, 6) is 0.198. The molecule has 1 amide bonds. The molecule has 3 heterocycles. The summed E-state index contributed by atoms with van der Waals surface area (Å²) in [5.41, 5.74) is 3.94. The van der Waals surface area contributed by atoms with E-state index in [1.54, 1.807) is 22.9 Å². The highest BCUT2D eigenvalue weighted by Crippen LogP contribution is 2.15. The Labute approximate surface area is 172 Å². The van der Waals surface area contributed by atoms with Crippen molar-refractivity contribution in [3.63, 3.8) is 0 Å². The SMILES string of the molecule is Cc1nn(-c2ncc(NC(=O)CCn3cnc4ccccc4c3=O)cn2)c(C)c1C. The standard InChI is InChI=1S/C21H21N7O2/c1-13-14(2)26-28(15(13)3)21-22-10-16(11-23-21)25-19(29)8-9-27-12-24-18-7-5-4-6-17(18)20(27)30/h4-7,10-12H,8-9H2,1-3H3,(H,25,29). The molecule has 0 atom stereocenters. The van der Waals surface area contributed by atoms with Crippen molar-refractivity contribution in [2.75, 3.05) is 5.32 Å². The summed E-state index contributed by atoms with van der Waals surface area (Å²) in [6.07, 6.45) is 4.66. The number of carbonyl (C=O) groups excluding carboxylic acids is 1. The van der Waals surface area contributed by atoms with Crippen molar-refractivity contribution in [1.82, 2.24) is 29.3 Å². The lowest BCUT2D eigenvalue weighted by Gasteiger charge is -2.08. The van der Waals surface area contributed by atoms with E-state index >= 15 is 0 Å². The van der Waals surface area contributed by atoms with Gasteiger partial charge in [-0.2, -0.15) is 5.10 Å². The zero-order valence-corrected chi connectivity index (χ0v) is 17.0. The Kier molecular flexibility index (Phi) is 5.09. The van der Waals surface area contributed by atoms with Crippen LogP contribution in [0.4, 0.5) is 5.69 Å². The Morgan fingerprint density at radius 3 is 2.50 bits per heavy atom. The number of benzene rings is 1. The van der Waals surface area contributed by atoms with Crippen molar-refractivity contribution in [2.45, 2.75) is 33.7 Å². The van der Waals surface area contributed by atoms with Crippen molar-refractivity contribution in [3.8, 4) is 5.95 Å². The molecule has 0 aliphatic carbocycles. The number of nitrogens with zero attached hydrogens (tertiary/aromatic N) is 6. The van der Waals surface area contributed by atoms with Gasteiger partial charge in [-0.25, -0.2) is 19.6 Å². The van der Waals surface area contributed by atoms with Gasteiger partial charge in [0.05, 0.1) is 41.0 Å². The minimum Gasteiger partial charge on any atom is -0.323 e. The maximum atomic E-state index is 12.5. The molecule has 4 aromatic rings. The number of hydrogen-bond acceptors (Lipinski definition) is 6. The molecular formula is C21H21N7O2. The van der Waals surface area contributed by atoms with E-state index in [2.05, 4.69) is 25.4 Å².